The van der Waals surface area contributed by atoms with Crippen LogP contribution in [0.15, 0.2) is 0 Å². The largest absolute Gasteiger partial charge is 0.383 e. The highest BCUT2D eigenvalue weighted by atomic mass is 32.2. The zero-order chi connectivity index (χ0) is 15.9. The van der Waals surface area contributed by atoms with Gasteiger partial charge < -0.3 is 19.7 Å². The summed E-state index contributed by atoms with van der Waals surface area (Å²) in [7, 11) is 0.137. The predicted molar refractivity (Wildman–Crippen MR) is 80.0 cm³/mol. The van der Waals surface area contributed by atoms with Crippen molar-refractivity contribution in [1.29, 1.82) is 0 Å². The molecule has 7 nitrogen and oxygen atoms in total. The summed E-state index contributed by atoms with van der Waals surface area (Å²) in [5.74, 6) is 0.0897. The smallest absolute Gasteiger partial charge is 0.224 e. The van der Waals surface area contributed by atoms with Crippen molar-refractivity contribution in [1.82, 2.24) is 10.2 Å². The molecule has 0 saturated carbocycles. The number of rotatable bonds is 8. The lowest BCUT2D eigenvalue weighted by Crippen LogP contribution is -2.50. The molecule has 0 radical (unpaired) electrons. The third kappa shape index (κ3) is 6.29. The average Bonchev–Trinajstić information content (AvgIpc) is 2.38. The molecule has 0 aromatic rings. The molecule has 0 aromatic heterocycles. The summed E-state index contributed by atoms with van der Waals surface area (Å²) >= 11 is 0. The molecule has 8 heteroatoms. The molecular formula is C13H26N2O5S. The zero-order valence-electron chi connectivity index (χ0n) is 13.0. The van der Waals surface area contributed by atoms with Crippen molar-refractivity contribution >= 4 is 15.7 Å². The normalized spacial score (nSPS) is 22.7. The van der Waals surface area contributed by atoms with Crippen molar-refractivity contribution in [2.45, 2.75) is 25.4 Å². The van der Waals surface area contributed by atoms with Gasteiger partial charge in [0.15, 0.2) is 9.84 Å². The standard InChI is InChI=1S/C13H26N2O5S/c1-11(9-20-3)15(5-6-19-2)13(16)8-12-10-21(17,18)7-4-14-12/h11-12,14H,4-10H2,1-3H3. The van der Waals surface area contributed by atoms with E-state index < -0.39 is 9.84 Å². The molecule has 1 amide bonds. The maximum atomic E-state index is 12.4. The van der Waals surface area contributed by atoms with E-state index in [9.17, 15) is 13.2 Å². The maximum Gasteiger partial charge on any atom is 0.224 e. The molecule has 124 valence electrons. The molecule has 1 fully saturated rings. The van der Waals surface area contributed by atoms with Crippen molar-refractivity contribution in [3.8, 4) is 0 Å². The molecule has 21 heavy (non-hydrogen) atoms. The summed E-state index contributed by atoms with van der Waals surface area (Å²) in [5, 5.41) is 3.10. The van der Waals surface area contributed by atoms with Crippen LogP contribution in [-0.4, -0.2) is 83.3 Å². The van der Waals surface area contributed by atoms with Gasteiger partial charge in [-0.15, -0.1) is 0 Å². The van der Waals surface area contributed by atoms with Crippen LogP contribution < -0.4 is 5.32 Å². The SMILES string of the molecule is COCCN(C(=O)CC1CS(=O)(=O)CCN1)C(C)COC. The lowest BCUT2D eigenvalue weighted by molar-refractivity contribution is -0.135. The third-order valence-corrected chi connectivity index (χ3v) is 5.26. The third-order valence-electron chi connectivity index (χ3n) is 3.52. The predicted octanol–water partition coefficient (Wildman–Crippen LogP) is -0.727. The Kier molecular flexibility index (Phi) is 7.58. The molecule has 1 rings (SSSR count). The molecule has 1 aliphatic rings. The molecule has 0 bridgehead atoms. The molecule has 1 heterocycles. The minimum atomic E-state index is -3.03. The van der Waals surface area contributed by atoms with Gasteiger partial charge in [-0.2, -0.15) is 0 Å². The fourth-order valence-electron chi connectivity index (χ4n) is 2.44. The van der Waals surface area contributed by atoms with Crippen LogP contribution in [0.25, 0.3) is 0 Å². The van der Waals surface area contributed by atoms with Crippen LogP contribution in [0, 0.1) is 0 Å². The van der Waals surface area contributed by atoms with Gasteiger partial charge in [-0.1, -0.05) is 0 Å². The second-order valence-corrected chi connectivity index (χ2v) is 7.58. The van der Waals surface area contributed by atoms with E-state index >= 15 is 0 Å². The van der Waals surface area contributed by atoms with E-state index in [0.717, 1.165) is 0 Å². The number of ether oxygens (including phenoxy) is 2. The fourth-order valence-corrected chi connectivity index (χ4v) is 3.88. The number of carbonyl (C=O) groups is 1. The number of nitrogens with one attached hydrogen (secondary N) is 1. The van der Waals surface area contributed by atoms with E-state index in [-0.39, 0.29) is 35.9 Å². The molecule has 1 N–H and O–H groups in total. The second kappa shape index (κ2) is 8.67. The van der Waals surface area contributed by atoms with Crippen LogP contribution >= 0.6 is 0 Å². The summed E-state index contributed by atoms with van der Waals surface area (Å²) in [6, 6.07) is -0.381. The number of hydrogen-bond donors (Lipinski definition) is 1. The van der Waals surface area contributed by atoms with Gasteiger partial charge in [0, 0.05) is 39.8 Å². The highest BCUT2D eigenvalue weighted by molar-refractivity contribution is 7.91. The Morgan fingerprint density at radius 1 is 1.38 bits per heavy atom. The molecule has 2 unspecified atom stereocenters. The van der Waals surface area contributed by atoms with Gasteiger partial charge in [0.25, 0.3) is 0 Å². The van der Waals surface area contributed by atoms with Crippen LogP contribution in [0.2, 0.25) is 0 Å². The minimum Gasteiger partial charge on any atom is -0.383 e. The molecular weight excluding hydrogens is 296 g/mol. The molecule has 0 aromatic carbocycles. The van der Waals surface area contributed by atoms with E-state index in [0.29, 0.717) is 26.3 Å². The Morgan fingerprint density at radius 2 is 2.10 bits per heavy atom. The van der Waals surface area contributed by atoms with Crippen molar-refractivity contribution in [2.75, 3.05) is 52.0 Å². The Bertz CT molecular complexity index is 426. The highest BCUT2D eigenvalue weighted by Crippen LogP contribution is 2.10. The summed E-state index contributed by atoms with van der Waals surface area (Å²) in [5.41, 5.74) is 0. The average molecular weight is 322 g/mol. The van der Waals surface area contributed by atoms with Gasteiger partial charge in [0.1, 0.15) is 0 Å². The van der Waals surface area contributed by atoms with E-state index in [1.807, 2.05) is 6.92 Å². The van der Waals surface area contributed by atoms with Gasteiger partial charge in [0.2, 0.25) is 5.91 Å². The Balaban J connectivity index is 2.62. The topological polar surface area (TPSA) is 84.9 Å². The van der Waals surface area contributed by atoms with Gasteiger partial charge >= 0.3 is 0 Å². The number of nitrogens with zero attached hydrogens (tertiary/aromatic N) is 1. The second-order valence-electron chi connectivity index (χ2n) is 5.35. The molecule has 2 atom stereocenters. The van der Waals surface area contributed by atoms with Crippen LogP contribution in [0.3, 0.4) is 0 Å². The Labute approximate surface area is 126 Å². The van der Waals surface area contributed by atoms with Crippen molar-refractivity contribution in [3.63, 3.8) is 0 Å². The number of carbonyl (C=O) groups excluding carboxylic acids is 1. The van der Waals surface area contributed by atoms with Crippen molar-refractivity contribution in [3.05, 3.63) is 0 Å². The minimum absolute atomic E-state index is 0.0233. The summed E-state index contributed by atoms with van der Waals surface area (Å²) in [4.78, 5) is 14.1. The van der Waals surface area contributed by atoms with E-state index in [1.54, 1.807) is 19.1 Å². The first-order chi connectivity index (χ1) is 9.89. The molecule has 1 saturated heterocycles. The lowest BCUT2D eigenvalue weighted by Gasteiger charge is -2.31. The first kappa shape index (κ1) is 18.3. The first-order valence-electron chi connectivity index (χ1n) is 7.10. The number of sulfone groups is 1. The van der Waals surface area contributed by atoms with E-state index in [1.165, 1.54) is 0 Å². The maximum absolute atomic E-state index is 12.4. The Hall–Kier alpha value is -0.700. The quantitative estimate of drug-likeness (QED) is 0.634. The number of amides is 1. The first-order valence-corrected chi connectivity index (χ1v) is 8.93. The Morgan fingerprint density at radius 3 is 2.67 bits per heavy atom. The van der Waals surface area contributed by atoms with E-state index in [2.05, 4.69) is 5.32 Å². The van der Waals surface area contributed by atoms with Crippen LogP contribution in [0.1, 0.15) is 13.3 Å². The molecule has 0 spiro atoms. The summed E-state index contributed by atoms with van der Waals surface area (Å²) in [6.07, 6.45) is 0.178. The number of methoxy groups -OCH3 is 2. The van der Waals surface area contributed by atoms with Gasteiger partial charge in [-0.25, -0.2) is 8.42 Å². The van der Waals surface area contributed by atoms with E-state index in [4.69, 9.17) is 9.47 Å². The van der Waals surface area contributed by atoms with Gasteiger partial charge in [-0.05, 0) is 6.92 Å². The lowest BCUT2D eigenvalue weighted by atomic mass is 10.1. The van der Waals surface area contributed by atoms with Crippen molar-refractivity contribution < 1.29 is 22.7 Å². The number of hydrogen-bond acceptors (Lipinski definition) is 6. The highest BCUT2D eigenvalue weighted by Gasteiger charge is 2.29. The summed E-state index contributed by atoms with van der Waals surface area (Å²) in [6.45, 7) is 3.66. The monoisotopic (exact) mass is 322 g/mol. The van der Waals surface area contributed by atoms with Crippen LogP contribution in [0.5, 0.6) is 0 Å². The van der Waals surface area contributed by atoms with Gasteiger partial charge in [0.05, 0.1) is 30.8 Å². The molecule has 0 aliphatic carbocycles. The van der Waals surface area contributed by atoms with Crippen molar-refractivity contribution in [2.24, 2.45) is 0 Å². The zero-order valence-corrected chi connectivity index (χ0v) is 13.8. The molecule has 1 aliphatic heterocycles. The summed E-state index contributed by atoms with van der Waals surface area (Å²) < 4.78 is 33.4. The van der Waals surface area contributed by atoms with Crippen LogP contribution in [0.4, 0.5) is 0 Å². The van der Waals surface area contributed by atoms with Crippen LogP contribution in [-0.2, 0) is 24.1 Å². The fraction of sp³-hybridized carbons (Fsp3) is 0.923. The van der Waals surface area contributed by atoms with Gasteiger partial charge in [-0.3, -0.25) is 4.79 Å².